The van der Waals surface area contributed by atoms with Gasteiger partial charge in [-0.05, 0) is 55.2 Å². The van der Waals surface area contributed by atoms with Gasteiger partial charge in [-0.1, -0.05) is 63.8 Å². The van der Waals surface area contributed by atoms with Crippen LogP contribution in [-0.2, 0) is 11.2 Å². The Balaban J connectivity index is 1.70. The first-order valence-electron chi connectivity index (χ1n) is 11.4. The van der Waals surface area contributed by atoms with E-state index in [-0.39, 0.29) is 17.2 Å². The summed E-state index contributed by atoms with van der Waals surface area (Å²) >= 11 is 0. The van der Waals surface area contributed by atoms with E-state index in [0.29, 0.717) is 24.5 Å². The standard InChI is InChI=1S/C26H33F3O/c1-3-5-7-8-18-10-15-24(30-17-18)20-12-13-21(23(27)16-20)22-14-11-19(9-6-4-2)25(28)26(22)29/h11-14,16,18,24H,3-10,15,17H2,1-2H3. The molecule has 2 atom stereocenters. The van der Waals surface area contributed by atoms with E-state index in [4.69, 9.17) is 4.74 Å². The van der Waals surface area contributed by atoms with Crippen LogP contribution in [0.2, 0.25) is 0 Å². The quantitative estimate of drug-likeness (QED) is 0.373. The Kier molecular flexibility index (Phi) is 8.38. The van der Waals surface area contributed by atoms with E-state index in [1.165, 1.54) is 37.8 Å². The fraction of sp³-hybridized carbons (Fsp3) is 0.538. The van der Waals surface area contributed by atoms with Crippen LogP contribution in [0, 0.1) is 23.4 Å². The van der Waals surface area contributed by atoms with Crippen molar-refractivity contribution in [1.82, 2.24) is 0 Å². The first kappa shape index (κ1) is 22.9. The molecule has 1 aliphatic heterocycles. The fourth-order valence-electron chi connectivity index (χ4n) is 4.29. The first-order chi connectivity index (χ1) is 14.5. The van der Waals surface area contributed by atoms with Crippen LogP contribution >= 0.6 is 0 Å². The molecule has 1 aliphatic rings. The number of benzene rings is 2. The van der Waals surface area contributed by atoms with E-state index in [1.54, 1.807) is 18.2 Å². The fourth-order valence-corrected chi connectivity index (χ4v) is 4.29. The molecule has 30 heavy (non-hydrogen) atoms. The van der Waals surface area contributed by atoms with Gasteiger partial charge in [-0.15, -0.1) is 0 Å². The second kappa shape index (κ2) is 11.0. The topological polar surface area (TPSA) is 9.23 Å². The van der Waals surface area contributed by atoms with Crippen LogP contribution in [0.1, 0.15) is 82.4 Å². The molecule has 1 heterocycles. The van der Waals surface area contributed by atoms with Crippen molar-refractivity contribution in [3.63, 3.8) is 0 Å². The van der Waals surface area contributed by atoms with Gasteiger partial charge in [0.25, 0.3) is 0 Å². The summed E-state index contributed by atoms with van der Waals surface area (Å²) in [6.07, 6.45) is 8.89. The third-order valence-corrected chi connectivity index (χ3v) is 6.20. The summed E-state index contributed by atoms with van der Waals surface area (Å²) in [5.74, 6) is -1.80. The number of halogens is 3. The zero-order valence-electron chi connectivity index (χ0n) is 18.2. The summed E-state index contributed by atoms with van der Waals surface area (Å²) in [5, 5.41) is 0. The number of hydrogen-bond acceptors (Lipinski definition) is 1. The van der Waals surface area contributed by atoms with Crippen LogP contribution in [0.3, 0.4) is 0 Å². The summed E-state index contributed by atoms with van der Waals surface area (Å²) in [7, 11) is 0. The molecule has 2 unspecified atom stereocenters. The van der Waals surface area contributed by atoms with Gasteiger partial charge in [0.2, 0.25) is 0 Å². The SMILES string of the molecule is CCCCCC1CCC(c2ccc(-c3ccc(CCCC)c(F)c3F)c(F)c2)OC1. The van der Waals surface area contributed by atoms with E-state index in [2.05, 4.69) is 6.92 Å². The molecule has 164 valence electrons. The maximum absolute atomic E-state index is 14.8. The van der Waals surface area contributed by atoms with Crippen molar-refractivity contribution in [1.29, 1.82) is 0 Å². The van der Waals surface area contributed by atoms with Gasteiger partial charge in [-0.2, -0.15) is 0 Å². The summed E-state index contributed by atoms with van der Waals surface area (Å²) in [4.78, 5) is 0. The lowest BCUT2D eigenvalue weighted by molar-refractivity contribution is -0.0200. The van der Waals surface area contributed by atoms with E-state index in [9.17, 15) is 13.2 Å². The van der Waals surface area contributed by atoms with Gasteiger partial charge in [0.15, 0.2) is 11.6 Å². The van der Waals surface area contributed by atoms with Crippen molar-refractivity contribution in [2.75, 3.05) is 6.61 Å². The minimum atomic E-state index is -0.973. The first-order valence-corrected chi connectivity index (χ1v) is 11.4. The molecule has 0 aromatic heterocycles. The Hall–Kier alpha value is -1.81. The van der Waals surface area contributed by atoms with Gasteiger partial charge in [0.1, 0.15) is 5.82 Å². The Morgan fingerprint density at radius 3 is 2.30 bits per heavy atom. The number of ether oxygens (including phenoxy) is 1. The molecule has 0 spiro atoms. The average molecular weight is 419 g/mol. The van der Waals surface area contributed by atoms with E-state index in [0.717, 1.165) is 31.2 Å². The molecule has 2 aromatic rings. The molecule has 0 radical (unpaired) electrons. The van der Waals surface area contributed by atoms with Crippen molar-refractivity contribution >= 4 is 0 Å². The van der Waals surface area contributed by atoms with Crippen molar-refractivity contribution in [2.24, 2.45) is 5.92 Å². The molecular formula is C26H33F3O. The Morgan fingerprint density at radius 1 is 0.867 bits per heavy atom. The van der Waals surface area contributed by atoms with Crippen molar-refractivity contribution in [3.05, 3.63) is 58.9 Å². The molecule has 1 nitrogen and oxygen atoms in total. The van der Waals surface area contributed by atoms with Gasteiger partial charge in [-0.3, -0.25) is 0 Å². The van der Waals surface area contributed by atoms with Crippen molar-refractivity contribution < 1.29 is 17.9 Å². The minimum Gasteiger partial charge on any atom is -0.373 e. The van der Waals surface area contributed by atoms with Gasteiger partial charge in [0, 0.05) is 11.1 Å². The summed E-state index contributed by atoms with van der Waals surface area (Å²) in [5.41, 5.74) is 1.17. The maximum Gasteiger partial charge on any atom is 0.167 e. The van der Waals surface area contributed by atoms with Crippen LogP contribution in [0.25, 0.3) is 11.1 Å². The number of unbranched alkanes of at least 4 members (excludes halogenated alkanes) is 3. The zero-order valence-corrected chi connectivity index (χ0v) is 18.2. The van der Waals surface area contributed by atoms with Gasteiger partial charge < -0.3 is 4.74 Å². The highest BCUT2D eigenvalue weighted by Gasteiger charge is 2.24. The molecule has 0 bridgehead atoms. The molecule has 1 saturated heterocycles. The highest BCUT2D eigenvalue weighted by Crippen LogP contribution is 2.35. The largest absolute Gasteiger partial charge is 0.373 e. The highest BCUT2D eigenvalue weighted by atomic mass is 19.2. The summed E-state index contributed by atoms with van der Waals surface area (Å²) < 4.78 is 49.9. The lowest BCUT2D eigenvalue weighted by atomic mass is 9.90. The van der Waals surface area contributed by atoms with Gasteiger partial charge >= 0.3 is 0 Å². The minimum absolute atomic E-state index is 0.0302. The van der Waals surface area contributed by atoms with Crippen molar-refractivity contribution in [3.8, 4) is 11.1 Å². The van der Waals surface area contributed by atoms with Crippen LogP contribution < -0.4 is 0 Å². The number of hydrogen-bond donors (Lipinski definition) is 0. The third kappa shape index (κ3) is 5.46. The second-order valence-electron chi connectivity index (χ2n) is 8.50. The van der Waals surface area contributed by atoms with Crippen LogP contribution in [0.5, 0.6) is 0 Å². The van der Waals surface area contributed by atoms with E-state index >= 15 is 0 Å². The lowest BCUT2D eigenvalue weighted by Gasteiger charge is -2.29. The van der Waals surface area contributed by atoms with Crippen LogP contribution in [-0.4, -0.2) is 6.61 Å². The molecule has 0 saturated carbocycles. The van der Waals surface area contributed by atoms with Gasteiger partial charge in [0.05, 0.1) is 12.7 Å². The Labute approximate surface area is 178 Å². The highest BCUT2D eigenvalue weighted by molar-refractivity contribution is 5.66. The Morgan fingerprint density at radius 2 is 1.63 bits per heavy atom. The molecule has 0 amide bonds. The Bertz CT molecular complexity index is 825. The molecule has 4 heteroatoms. The predicted octanol–water partition coefficient (Wildman–Crippen LogP) is 8.16. The predicted molar refractivity (Wildman–Crippen MR) is 116 cm³/mol. The van der Waals surface area contributed by atoms with Crippen LogP contribution in [0.15, 0.2) is 30.3 Å². The normalized spacial score (nSPS) is 19.2. The van der Waals surface area contributed by atoms with E-state index in [1.807, 2.05) is 6.92 Å². The van der Waals surface area contributed by atoms with Crippen molar-refractivity contribution in [2.45, 2.75) is 77.7 Å². The smallest absolute Gasteiger partial charge is 0.167 e. The molecule has 1 fully saturated rings. The monoisotopic (exact) mass is 418 g/mol. The zero-order chi connectivity index (χ0) is 21.5. The molecule has 0 aliphatic carbocycles. The molecular weight excluding hydrogens is 385 g/mol. The third-order valence-electron chi connectivity index (χ3n) is 6.20. The van der Waals surface area contributed by atoms with Crippen LogP contribution in [0.4, 0.5) is 13.2 Å². The number of rotatable bonds is 9. The maximum atomic E-state index is 14.8. The lowest BCUT2D eigenvalue weighted by Crippen LogP contribution is -2.20. The molecule has 0 N–H and O–H groups in total. The molecule has 2 aromatic carbocycles. The van der Waals surface area contributed by atoms with Gasteiger partial charge in [-0.25, -0.2) is 13.2 Å². The second-order valence-corrected chi connectivity index (χ2v) is 8.50. The summed E-state index contributed by atoms with van der Waals surface area (Å²) in [6, 6.07) is 7.80. The molecule has 3 rings (SSSR count). The number of aryl methyl sites for hydroxylation is 1. The summed E-state index contributed by atoms with van der Waals surface area (Å²) in [6.45, 7) is 4.91. The average Bonchev–Trinajstić information content (AvgIpc) is 2.76. The van der Waals surface area contributed by atoms with E-state index < -0.39 is 17.5 Å².